The molecule has 26 heavy (non-hydrogen) atoms. The lowest BCUT2D eigenvalue weighted by molar-refractivity contribution is 0.172. The van der Waals surface area contributed by atoms with Crippen molar-refractivity contribution >= 4 is 35.6 Å². The maximum absolute atomic E-state index is 5.73. The van der Waals surface area contributed by atoms with Crippen LogP contribution in [0.3, 0.4) is 0 Å². The van der Waals surface area contributed by atoms with Gasteiger partial charge in [-0.1, -0.05) is 6.07 Å². The first kappa shape index (κ1) is 22.3. The van der Waals surface area contributed by atoms with Crippen LogP contribution in [0.4, 0.5) is 5.69 Å². The molecular formula is C19H28IN3O3. The number of rotatable bonds is 10. The molecule has 0 aliphatic heterocycles. The number of methoxy groups -OCH3 is 1. The number of benzene rings is 1. The molecule has 2 rings (SSSR count). The molecule has 144 valence electrons. The second kappa shape index (κ2) is 13.5. The van der Waals surface area contributed by atoms with Gasteiger partial charge in [0.1, 0.15) is 11.5 Å². The van der Waals surface area contributed by atoms with E-state index < -0.39 is 0 Å². The van der Waals surface area contributed by atoms with E-state index in [1.54, 1.807) is 13.4 Å². The Labute approximate surface area is 172 Å². The van der Waals surface area contributed by atoms with Gasteiger partial charge in [-0.15, -0.1) is 24.0 Å². The van der Waals surface area contributed by atoms with Crippen molar-refractivity contribution in [3.8, 4) is 5.75 Å². The van der Waals surface area contributed by atoms with E-state index in [0.29, 0.717) is 19.8 Å². The monoisotopic (exact) mass is 473 g/mol. The highest BCUT2D eigenvalue weighted by molar-refractivity contribution is 14.0. The van der Waals surface area contributed by atoms with Gasteiger partial charge < -0.3 is 24.5 Å². The minimum Gasteiger partial charge on any atom is -0.493 e. The quantitative estimate of drug-likeness (QED) is 0.237. The number of aliphatic imine (C=N–C) groups is 1. The third-order valence-electron chi connectivity index (χ3n) is 3.41. The zero-order valence-corrected chi connectivity index (χ0v) is 17.7. The van der Waals surface area contributed by atoms with Crippen LogP contribution in [0.15, 0.2) is 52.1 Å². The molecule has 0 saturated heterocycles. The van der Waals surface area contributed by atoms with Gasteiger partial charge in [-0.3, -0.25) is 4.99 Å². The van der Waals surface area contributed by atoms with Crippen LogP contribution in [-0.4, -0.2) is 39.4 Å². The number of anilines is 1. The molecule has 1 aromatic carbocycles. The van der Waals surface area contributed by atoms with E-state index in [9.17, 15) is 0 Å². The van der Waals surface area contributed by atoms with Crippen LogP contribution in [0.2, 0.25) is 0 Å². The molecule has 2 aromatic rings. The van der Waals surface area contributed by atoms with Crippen molar-refractivity contribution in [3.05, 3.63) is 48.4 Å². The van der Waals surface area contributed by atoms with Crippen molar-refractivity contribution < 1.29 is 13.9 Å². The molecule has 0 aliphatic carbocycles. The minimum absolute atomic E-state index is 0. The molecule has 0 radical (unpaired) electrons. The molecule has 0 saturated carbocycles. The lowest BCUT2D eigenvalue weighted by atomic mass is 10.3. The van der Waals surface area contributed by atoms with Gasteiger partial charge in [0, 0.05) is 51.4 Å². The molecule has 0 fully saturated rings. The van der Waals surface area contributed by atoms with Gasteiger partial charge in [0.15, 0.2) is 5.96 Å². The van der Waals surface area contributed by atoms with Crippen molar-refractivity contribution in [1.82, 2.24) is 5.32 Å². The fraction of sp³-hybridized carbons (Fsp3) is 0.421. The normalized spacial score (nSPS) is 10.9. The summed E-state index contributed by atoms with van der Waals surface area (Å²) in [7, 11) is 1.69. The van der Waals surface area contributed by atoms with E-state index >= 15 is 0 Å². The summed E-state index contributed by atoms with van der Waals surface area (Å²) in [4.78, 5) is 4.58. The average Bonchev–Trinajstić information content (AvgIpc) is 3.13. The van der Waals surface area contributed by atoms with Gasteiger partial charge in [0.05, 0.1) is 12.9 Å². The van der Waals surface area contributed by atoms with E-state index in [1.807, 2.05) is 43.3 Å². The Kier molecular flexibility index (Phi) is 11.5. The smallest absolute Gasteiger partial charge is 0.195 e. The first-order valence-electron chi connectivity index (χ1n) is 8.61. The summed E-state index contributed by atoms with van der Waals surface area (Å²) in [6, 6.07) is 11.7. The van der Waals surface area contributed by atoms with Crippen LogP contribution >= 0.6 is 24.0 Å². The van der Waals surface area contributed by atoms with Gasteiger partial charge in [-0.25, -0.2) is 0 Å². The van der Waals surface area contributed by atoms with Crippen LogP contribution in [0, 0.1) is 0 Å². The van der Waals surface area contributed by atoms with Crippen molar-refractivity contribution in [1.29, 1.82) is 0 Å². The topological polar surface area (TPSA) is 68.0 Å². The second-order valence-corrected chi connectivity index (χ2v) is 5.44. The van der Waals surface area contributed by atoms with Crippen LogP contribution < -0.4 is 15.4 Å². The molecular weight excluding hydrogens is 445 g/mol. The summed E-state index contributed by atoms with van der Waals surface area (Å²) in [6.45, 7) is 4.81. The molecule has 7 heteroatoms. The summed E-state index contributed by atoms with van der Waals surface area (Å²) in [6.07, 6.45) is 3.32. The minimum atomic E-state index is 0. The van der Waals surface area contributed by atoms with Gasteiger partial charge in [-0.05, 0) is 31.2 Å². The Morgan fingerprint density at radius 1 is 1.19 bits per heavy atom. The number of hydrogen-bond acceptors (Lipinski definition) is 4. The molecule has 1 aromatic heterocycles. The largest absolute Gasteiger partial charge is 0.493 e. The summed E-state index contributed by atoms with van der Waals surface area (Å²) < 4.78 is 16.1. The van der Waals surface area contributed by atoms with Crippen LogP contribution in [-0.2, 0) is 11.2 Å². The molecule has 0 spiro atoms. The maximum Gasteiger partial charge on any atom is 0.195 e. The standard InChI is InChI=1S/C19H27N3O3.HI/c1-3-20-19(21-11-10-17-9-5-13-24-17)22-16-7-4-8-18(15-16)25-14-6-12-23-2;/h4-5,7-9,13,15H,3,6,10-12,14H2,1-2H3,(H2,20,21,22);1H. The molecule has 0 atom stereocenters. The molecule has 1 heterocycles. The fourth-order valence-corrected chi connectivity index (χ4v) is 2.23. The van der Waals surface area contributed by atoms with E-state index in [4.69, 9.17) is 13.9 Å². The summed E-state index contributed by atoms with van der Waals surface area (Å²) in [5.41, 5.74) is 0.932. The number of nitrogens with one attached hydrogen (secondary N) is 2. The van der Waals surface area contributed by atoms with E-state index in [1.165, 1.54) is 0 Å². The molecule has 0 aliphatic rings. The number of hydrogen-bond donors (Lipinski definition) is 2. The Morgan fingerprint density at radius 3 is 2.81 bits per heavy atom. The molecule has 0 amide bonds. The zero-order chi connectivity index (χ0) is 17.7. The van der Waals surface area contributed by atoms with E-state index in [2.05, 4.69) is 15.6 Å². The van der Waals surface area contributed by atoms with E-state index in [0.717, 1.165) is 42.5 Å². The number of ether oxygens (including phenoxy) is 2. The second-order valence-electron chi connectivity index (χ2n) is 5.44. The SMILES string of the molecule is CCNC(=NCCc1ccco1)Nc1cccc(OCCCOC)c1.I. The van der Waals surface area contributed by atoms with Crippen LogP contribution in [0.5, 0.6) is 5.75 Å². The highest BCUT2D eigenvalue weighted by Gasteiger charge is 2.02. The van der Waals surface area contributed by atoms with Crippen molar-refractivity contribution in [2.24, 2.45) is 4.99 Å². The molecule has 0 bridgehead atoms. The first-order chi connectivity index (χ1) is 12.3. The third-order valence-corrected chi connectivity index (χ3v) is 3.41. The number of halogens is 1. The Morgan fingerprint density at radius 2 is 2.08 bits per heavy atom. The first-order valence-corrected chi connectivity index (χ1v) is 8.61. The third kappa shape index (κ3) is 8.57. The molecule has 6 nitrogen and oxygen atoms in total. The van der Waals surface area contributed by atoms with Gasteiger partial charge in [0.2, 0.25) is 0 Å². The predicted molar refractivity (Wildman–Crippen MR) is 116 cm³/mol. The highest BCUT2D eigenvalue weighted by atomic mass is 127. The summed E-state index contributed by atoms with van der Waals surface area (Å²) >= 11 is 0. The Hall–Kier alpha value is -1.74. The maximum atomic E-state index is 5.73. The van der Waals surface area contributed by atoms with Gasteiger partial charge in [-0.2, -0.15) is 0 Å². The van der Waals surface area contributed by atoms with Crippen molar-refractivity contribution in [2.75, 3.05) is 38.7 Å². The van der Waals surface area contributed by atoms with Gasteiger partial charge in [0.25, 0.3) is 0 Å². The average molecular weight is 473 g/mol. The Bertz CT molecular complexity index is 633. The summed E-state index contributed by atoms with van der Waals surface area (Å²) in [5.74, 6) is 2.50. The summed E-state index contributed by atoms with van der Waals surface area (Å²) in [5, 5.41) is 6.55. The number of guanidine groups is 1. The van der Waals surface area contributed by atoms with E-state index in [-0.39, 0.29) is 24.0 Å². The Balaban J connectivity index is 0.00000338. The fourth-order valence-electron chi connectivity index (χ4n) is 2.23. The lowest BCUT2D eigenvalue weighted by Crippen LogP contribution is -2.30. The zero-order valence-electron chi connectivity index (χ0n) is 15.4. The molecule has 0 unspecified atom stereocenters. The number of nitrogens with zero attached hydrogens (tertiary/aromatic N) is 1. The number of furan rings is 1. The lowest BCUT2D eigenvalue weighted by Gasteiger charge is -2.12. The van der Waals surface area contributed by atoms with Crippen LogP contribution in [0.25, 0.3) is 0 Å². The van der Waals surface area contributed by atoms with Gasteiger partial charge >= 0.3 is 0 Å². The highest BCUT2D eigenvalue weighted by Crippen LogP contribution is 2.17. The van der Waals surface area contributed by atoms with Crippen molar-refractivity contribution in [3.63, 3.8) is 0 Å². The molecule has 2 N–H and O–H groups in total. The van der Waals surface area contributed by atoms with Crippen molar-refractivity contribution in [2.45, 2.75) is 19.8 Å². The van der Waals surface area contributed by atoms with Crippen LogP contribution in [0.1, 0.15) is 19.1 Å². The predicted octanol–water partition coefficient (Wildman–Crippen LogP) is 3.93.